The third-order valence-corrected chi connectivity index (χ3v) is 6.40. The van der Waals surface area contributed by atoms with Gasteiger partial charge in [-0.2, -0.15) is 0 Å². The highest BCUT2D eigenvalue weighted by Crippen LogP contribution is 2.28. The number of rotatable bonds is 5. The molecule has 2 heterocycles. The summed E-state index contributed by atoms with van der Waals surface area (Å²) in [5.74, 6) is 0.232. The first-order valence-electron chi connectivity index (χ1n) is 11.4. The van der Waals surface area contributed by atoms with Crippen molar-refractivity contribution in [1.29, 1.82) is 0 Å². The summed E-state index contributed by atoms with van der Waals surface area (Å²) >= 11 is 0. The number of benzene rings is 2. The Labute approximate surface area is 190 Å². The van der Waals surface area contributed by atoms with Crippen molar-refractivity contribution in [2.75, 3.05) is 32.8 Å². The van der Waals surface area contributed by atoms with Crippen LogP contribution in [0.15, 0.2) is 46.9 Å². The highest BCUT2D eigenvalue weighted by molar-refractivity contribution is 5.99. The van der Waals surface area contributed by atoms with Gasteiger partial charge in [0, 0.05) is 30.6 Å². The second-order valence-electron chi connectivity index (χ2n) is 9.80. The van der Waals surface area contributed by atoms with E-state index in [1.165, 1.54) is 11.1 Å². The number of aryl methyl sites for hydroxylation is 2. The maximum absolute atomic E-state index is 13.1. The number of carbonyl (C=O) groups excluding carboxylic acids is 1. The molecular weight excluding hydrogens is 400 g/mol. The standard InChI is InChI=1S/C27H34N2O3/c1-18-6-11-24-22(16-18)19(2)25(32-24)26(30)28-17-23(29-12-14-31-15-13-29)20-7-9-21(10-8-20)27(3,4)5/h6-11,16,23H,12-15,17H2,1-5H3,(H,28,30). The lowest BCUT2D eigenvalue weighted by Gasteiger charge is -2.35. The van der Waals surface area contributed by atoms with Crippen LogP contribution in [-0.4, -0.2) is 43.7 Å². The van der Waals surface area contributed by atoms with E-state index in [1.54, 1.807) is 0 Å². The van der Waals surface area contributed by atoms with Crippen LogP contribution in [-0.2, 0) is 10.2 Å². The summed E-state index contributed by atoms with van der Waals surface area (Å²) in [4.78, 5) is 15.5. The third kappa shape index (κ3) is 4.74. The summed E-state index contributed by atoms with van der Waals surface area (Å²) < 4.78 is 11.5. The van der Waals surface area contributed by atoms with Crippen molar-refractivity contribution in [2.45, 2.75) is 46.1 Å². The lowest BCUT2D eigenvalue weighted by molar-refractivity contribution is 0.0161. The molecule has 5 heteroatoms. The SMILES string of the molecule is Cc1ccc2oc(C(=O)NCC(c3ccc(C(C)(C)C)cc3)N3CCOCC3)c(C)c2c1. The Balaban J connectivity index is 1.55. The van der Waals surface area contributed by atoms with Crippen molar-refractivity contribution >= 4 is 16.9 Å². The van der Waals surface area contributed by atoms with Gasteiger partial charge < -0.3 is 14.5 Å². The Hall–Kier alpha value is -2.63. The second-order valence-corrected chi connectivity index (χ2v) is 9.80. The molecule has 5 nitrogen and oxygen atoms in total. The normalized spacial score (nSPS) is 16.3. The Morgan fingerprint density at radius 2 is 1.75 bits per heavy atom. The molecule has 0 bridgehead atoms. The summed E-state index contributed by atoms with van der Waals surface area (Å²) in [6.45, 7) is 14.3. The van der Waals surface area contributed by atoms with Crippen molar-refractivity contribution in [1.82, 2.24) is 10.2 Å². The van der Waals surface area contributed by atoms with Gasteiger partial charge in [0.1, 0.15) is 5.58 Å². The number of hydrogen-bond donors (Lipinski definition) is 1. The number of hydrogen-bond acceptors (Lipinski definition) is 4. The maximum atomic E-state index is 13.1. The van der Waals surface area contributed by atoms with E-state index in [4.69, 9.17) is 9.15 Å². The molecule has 1 aliphatic heterocycles. The number of carbonyl (C=O) groups is 1. The van der Waals surface area contributed by atoms with Gasteiger partial charge in [0.15, 0.2) is 5.76 Å². The molecule has 1 amide bonds. The Kier molecular flexibility index (Phi) is 6.40. The van der Waals surface area contributed by atoms with Gasteiger partial charge in [0.2, 0.25) is 0 Å². The van der Waals surface area contributed by atoms with Gasteiger partial charge >= 0.3 is 0 Å². The number of amides is 1. The minimum Gasteiger partial charge on any atom is -0.451 e. The Morgan fingerprint density at radius 1 is 1.06 bits per heavy atom. The zero-order valence-electron chi connectivity index (χ0n) is 19.8. The van der Waals surface area contributed by atoms with Crippen molar-refractivity contribution < 1.29 is 13.9 Å². The molecule has 2 aromatic carbocycles. The highest BCUT2D eigenvalue weighted by atomic mass is 16.5. The van der Waals surface area contributed by atoms with Gasteiger partial charge in [-0.1, -0.05) is 56.7 Å². The molecule has 0 saturated carbocycles. The van der Waals surface area contributed by atoms with E-state index < -0.39 is 0 Å². The molecule has 1 unspecified atom stereocenters. The zero-order valence-corrected chi connectivity index (χ0v) is 19.8. The average molecular weight is 435 g/mol. The van der Waals surface area contributed by atoms with Gasteiger partial charge in [-0.05, 0) is 42.5 Å². The fourth-order valence-electron chi connectivity index (χ4n) is 4.37. The van der Waals surface area contributed by atoms with Crippen molar-refractivity contribution in [3.05, 3.63) is 70.5 Å². The van der Waals surface area contributed by atoms with Crippen molar-refractivity contribution in [3.63, 3.8) is 0 Å². The molecule has 170 valence electrons. The van der Waals surface area contributed by atoms with Crippen LogP contribution >= 0.6 is 0 Å². The largest absolute Gasteiger partial charge is 0.451 e. The van der Waals surface area contributed by atoms with E-state index >= 15 is 0 Å². The van der Waals surface area contributed by atoms with E-state index in [9.17, 15) is 4.79 Å². The average Bonchev–Trinajstić information content (AvgIpc) is 3.10. The predicted molar refractivity (Wildman–Crippen MR) is 128 cm³/mol. The van der Waals surface area contributed by atoms with Gasteiger partial charge in [-0.25, -0.2) is 0 Å². The third-order valence-electron chi connectivity index (χ3n) is 6.40. The van der Waals surface area contributed by atoms with Crippen LogP contribution in [0.25, 0.3) is 11.0 Å². The molecule has 3 aromatic rings. The first-order chi connectivity index (χ1) is 15.2. The monoisotopic (exact) mass is 434 g/mol. The maximum Gasteiger partial charge on any atom is 0.287 e. The molecule has 0 spiro atoms. The summed E-state index contributed by atoms with van der Waals surface area (Å²) in [6.07, 6.45) is 0. The molecule has 32 heavy (non-hydrogen) atoms. The summed E-state index contributed by atoms with van der Waals surface area (Å²) in [6, 6.07) is 14.9. The topological polar surface area (TPSA) is 54.7 Å². The molecule has 1 fully saturated rings. The van der Waals surface area contributed by atoms with Gasteiger partial charge in [0.05, 0.1) is 19.3 Å². The zero-order chi connectivity index (χ0) is 22.9. The van der Waals surface area contributed by atoms with Crippen LogP contribution < -0.4 is 5.32 Å². The molecule has 1 aliphatic rings. The van der Waals surface area contributed by atoms with Gasteiger partial charge in [0.25, 0.3) is 5.91 Å². The smallest absolute Gasteiger partial charge is 0.287 e. The Morgan fingerprint density at radius 3 is 2.41 bits per heavy atom. The number of nitrogens with one attached hydrogen (secondary N) is 1. The summed E-state index contributed by atoms with van der Waals surface area (Å²) in [5.41, 5.74) is 5.41. The lowest BCUT2D eigenvalue weighted by Crippen LogP contribution is -2.43. The summed E-state index contributed by atoms with van der Waals surface area (Å²) in [5, 5.41) is 4.14. The number of ether oxygens (including phenoxy) is 1. The highest BCUT2D eigenvalue weighted by Gasteiger charge is 2.25. The molecule has 1 atom stereocenters. The minimum absolute atomic E-state index is 0.0868. The molecule has 1 saturated heterocycles. The minimum atomic E-state index is -0.166. The van der Waals surface area contributed by atoms with E-state index in [1.807, 2.05) is 26.0 Å². The number of fused-ring (bicyclic) bond motifs is 1. The molecule has 0 aliphatic carbocycles. The molecule has 4 rings (SSSR count). The first-order valence-corrected chi connectivity index (χ1v) is 11.4. The fraction of sp³-hybridized carbons (Fsp3) is 0.444. The number of nitrogens with zero attached hydrogens (tertiary/aromatic N) is 1. The van der Waals surface area contributed by atoms with Gasteiger partial charge in [-0.15, -0.1) is 0 Å². The van der Waals surface area contributed by atoms with E-state index in [2.05, 4.69) is 61.3 Å². The second kappa shape index (κ2) is 9.08. The van der Waals surface area contributed by atoms with Crippen LogP contribution in [0.1, 0.15) is 59.6 Å². The van der Waals surface area contributed by atoms with Crippen LogP contribution in [0, 0.1) is 13.8 Å². The number of morpholine rings is 1. The van der Waals surface area contributed by atoms with Crippen molar-refractivity contribution in [2.24, 2.45) is 0 Å². The van der Waals surface area contributed by atoms with E-state index in [0.717, 1.165) is 35.2 Å². The molecular formula is C27H34N2O3. The van der Waals surface area contributed by atoms with E-state index in [-0.39, 0.29) is 17.4 Å². The quantitative estimate of drug-likeness (QED) is 0.603. The van der Waals surface area contributed by atoms with E-state index in [0.29, 0.717) is 25.5 Å². The van der Waals surface area contributed by atoms with Crippen LogP contribution in [0.5, 0.6) is 0 Å². The first kappa shape index (κ1) is 22.6. The van der Waals surface area contributed by atoms with Gasteiger partial charge in [-0.3, -0.25) is 9.69 Å². The Bertz CT molecular complexity index is 1090. The molecule has 1 aromatic heterocycles. The van der Waals surface area contributed by atoms with Crippen molar-refractivity contribution in [3.8, 4) is 0 Å². The predicted octanol–water partition coefficient (Wildman–Crippen LogP) is 5.15. The summed E-state index contributed by atoms with van der Waals surface area (Å²) in [7, 11) is 0. The fourth-order valence-corrected chi connectivity index (χ4v) is 4.37. The van der Waals surface area contributed by atoms with Crippen LogP contribution in [0.4, 0.5) is 0 Å². The van der Waals surface area contributed by atoms with Crippen LogP contribution in [0.2, 0.25) is 0 Å². The molecule has 0 radical (unpaired) electrons. The number of furan rings is 1. The lowest BCUT2D eigenvalue weighted by atomic mass is 9.86. The van der Waals surface area contributed by atoms with Crippen LogP contribution in [0.3, 0.4) is 0 Å². The molecule has 1 N–H and O–H groups in total.